The summed E-state index contributed by atoms with van der Waals surface area (Å²) in [5, 5.41) is 21.0. The van der Waals surface area contributed by atoms with Crippen LogP contribution in [0.2, 0.25) is 0 Å². The van der Waals surface area contributed by atoms with E-state index in [-0.39, 0.29) is 12.2 Å². The quantitative estimate of drug-likeness (QED) is 0.670. The first kappa shape index (κ1) is 16.8. The summed E-state index contributed by atoms with van der Waals surface area (Å²) in [7, 11) is 0. The highest BCUT2D eigenvalue weighted by molar-refractivity contribution is 5.85. The van der Waals surface area contributed by atoms with Crippen LogP contribution >= 0.6 is 0 Å². The van der Waals surface area contributed by atoms with Gasteiger partial charge in [0.1, 0.15) is 17.4 Å². The van der Waals surface area contributed by atoms with Gasteiger partial charge in [-0.2, -0.15) is 0 Å². The largest absolute Gasteiger partial charge is 0.508 e. The van der Waals surface area contributed by atoms with Crippen molar-refractivity contribution in [2.45, 2.75) is 38.8 Å². The van der Waals surface area contributed by atoms with E-state index in [4.69, 9.17) is 15.6 Å². The molecule has 1 unspecified atom stereocenters. The molecule has 0 fully saturated rings. The molecule has 21 heavy (non-hydrogen) atoms. The molecule has 0 saturated heterocycles. The number of carbonyl (C=O) groups excluding carboxylic acids is 1. The van der Waals surface area contributed by atoms with Crippen molar-refractivity contribution in [3.63, 3.8) is 0 Å². The lowest BCUT2D eigenvalue weighted by atomic mass is 10.1. The number of rotatable bonds is 4. The Morgan fingerprint density at radius 3 is 2.48 bits per heavy atom. The third-order valence-corrected chi connectivity index (χ3v) is 2.49. The number of nitrogens with two attached hydrogens (primary N) is 1. The number of nitrogens with one attached hydrogen (secondary N) is 1. The summed E-state index contributed by atoms with van der Waals surface area (Å²) in [5.74, 6) is -1.29. The zero-order valence-electron chi connectivity index (χ0n) is 12.2. The maximum Gasteiger partial charge on any atom is 0.412 e. The minimum absolute atomic E-state index is 0.00607. The Labute approximate surface area is 122 Å². The number of amides is 1. The van der Waals surface area contributed by atoms with Gasteiger partial charge in [0, 0.05) is 18.2 Å². The molecular weight excluding hydrogens is 276 g/mol. The highest BCUT2D eigenvalue weighted by atomic mass is 16.6. The number of benzene rings is 1. The van der Waals surface area contributed by atoms with Crippen molar-refractivity contribution in [1.82, 2.24) is 0 Å². The van der Waals surface area contributed by atoms with Gasteiger partial charge in [-0.15, -0.1) is 0 Å². The van der Waals surface area contributed by atoms with Crippen LogP contribution in [-0.2, 0) is 16.0 Å². The van der Waals surface area contributed by atoms with Gasteiger partial charge in [-0.25, -0.2) is 4.79 Å². The lowest BCUT2D eigenvalue weighted by molar-refractivity contribution is -0.138. The van der Waals surface area contributed by atoms with Crippen molar-refractivity contribution in [2.24, 2.45) is 5.73 Å². The second kappa shape index (κ2) is 6.45. The van der Waals surface area contributed by atoms with Gasteiger partial charge in [-0.3, -0.25) is 10.1 Å². The predicted molar refractivity (Wildman–Crippen MR) is 77.3 cm³/mol. The van der Waals surface area contributed by atoms with E-state index in [9.17, 15) is 14.7 Å². The molecular formula is C14H20N2O5. The third-order valence-electron chi connectivity index (χ3n) is 2.49. The number of carboxylic acid groups (broad SMARTS) is 1. The van der Waals surface area contributed by atoms with E-state index in [1.54, 1.807) is 20.8 Å². The molecule has 5 N–H and O–H groups in total. The van der Waals surface area contributed by atoms with Gasteiger partial charge in [0.2, 0.25) is 0 Å². The van der Waals surface area contributed by atoms with E-state index < -0.39 is 23.7 Å². The summed E-state index contributed by atoms with van der Waals surface area (Å²) in [6.45, 7) is 5.21. The molecule has 7 nitrogen and oxygen atoms in total. The lowest BCUT2D eigenvalue weighted by Gasteiger charge is -2.19. The molecule has 0 aromatic heterocycles. The summed E-state index contributed by atoms with van der Waals surface area (Å²) in [5.41, 5.74) is 5.51. The Kier molecular flexibility index (Phi) is 5.15. The first-order chi connectivity index (χ1) is 9.58. The molecule has 1 aromatic rings. The first-order valence-electron chi connectivity index (χ1n) is 6.39. The molecule has 0 aliphatic rings. The van der Waals surface area contributed by atoms with Crippen LogP contribution in [0, 0.1) is 0 Å². The fourth-order valence-corrected chi connectivity index (χ4v) is 1.56. The summed E-state index contributed by atoms with van der Waals surface area (Å²) >= 11 is 0. The number of anilines is 1. The number of hydrogen-bond donors (Lipinski definition) is 4. The number of hydrogen-bond acceptors (Lipinski definition) is 5. The van der Waals surface area contributed by atoms with Crippen molar-refractivity contribution in [3.8, 4) is 5.75 Å². The van der Waals surface area contributed by atoms with Crippen molar-refractivity contribution in [2.75, 3.05) is 5.32 Å². The zero-order chi connectivity index (χ0) is 16.2. The molecule has 0 radical (unpaired) electrons. The van der Waals surface area contributed by atoms with Crippen LogP contribution < -0.4 is 11.1 Å². The molecule has 1 aromatic carbocycles. The summed E-state index contributed by atoms with van der Waals surface area (Å²) in [4.78, 5) is 22.3. The Balaban J connectivity index is 2.74. The topological polar surface area (TPSA) is 122 Å². The van der Waals surface area contributed by atoms with Crippen molar-refractivity contribution in [3.05, 3.63) is 23.8 Å². The molecule has 0 heterocycles. The smallest absolute Gasteiger partial charge is 0.412 e. The fraction of sp³-hybridized carbons (Fsp3) is 0.429. The first-order valence-corrected chi connectivity index (χ1v) is 6.39. The number of carbonyl (C=O) groups is 2. The van der Waals surface area contributed by atoms with Crippen molar-refractivity contribution < 1.29 is 24.5 Å². The van der Waals surface area contributed by atoms with Crippen molar-refractivity contribution >= 4 is 17.7 Å². The minimum atomic E-state index is -1.15. The fourth-order valence-electron chi connectivity index (χ4n) is 1.56. The average molecular weight is 296 g/mol. The number of phenolic OH excluding ortho intramolecular Hbond substituents is 1. The van der Waals surface area contributed by atoms with Gasteiger partial charge in [0.25, 0.3) is 0 Å². The van der Waals surface area contributed by atoms with Crippen LogP contribution in [0.3, 0.4) is 0 Å². The van der Waals surface area contributed by atoms with Gasteiger partial charge in [0.15, 0.2) is 0 Å². The maximum absolute atomic E-state index is 11.6. The zero-order valence-corrected chi connectivity index (χ0v) is 12.2. The van der Waals surface area contributed by atoms with Crippen LogP contribution in [0.25, 0.3) is 0 Å². The molecule has 1 amide bonds. The SMILES string of the molecule is CC(C)(C)OC(=O)Nc1ccc(CC(N)C(=O)O)c(O)c1. The number of phenols is 1. The van der Waals surface area contributed by atoms with Crippen LogP contribution in [0.15, 0.2) is 18.2 Å². The second-order valence-corrected chi connectivity index (χ2v) is 5.62. The standard InChI is InChI=1S/C14H20N2O5/c1-14(2,3)21-13(20)16-9-5-4-8(11(17)7-9)6-10(15)12(18)19/h4-5,7,10,17H,6,15H2,1-3H3,(H,16,20)(H,18,19). The Morgan fingerprint density at radius 1 is 1.38 bits per heavy atom. The van der Waals surface area contributed by atoms with Gasteiger partial charge >= 0.3 is 12.1 Å². The molecule has 0 aliphatic heterocycles. The van der Waals surface area contributed by atoms with Gasteiger partial charge < -0.3 is 20.7 Å². The Morgan fingerprint density at radius 2 is 2.00 bits per heavy atom. The van der Waals surface area contributed by atoms with E-state index in [0.717, 1.165) is 0 Å². The average Bonchev–Trinajstić information content (AvgIpc) is 2.29. The Bertz CT molecular complexity index is 537. The normalized spacial score (nSPS) is 12.6. The minimum Gasteiger partial charge on any atom is -0.508 e. The molecule has 0 spiro atoms. The molecule has 0 aliphatic carbocycles. The number of aromatic hydroxyl groups is 1. The van der Waals surface area contributed by atoms with E-state index in [2.05, 4.69) is 5.32 Å². The van der Waals surface area contributed by atoms with Crippen LogP contribution in [0.5, 0.6) is 5.75 Å². The second-order valence-electron chi connectivity index (χ2n) is 5.62. The highest BCUT2D eigenvalue weighted by Gasteiger charge is 2.17. The van der Waals surface area contributed by atoms with Crippen LogP contribution in [0.1, 0.15) is 26.3 Å². The van der Waals surface area contributed by atoms with Gasteiger partial charge in [-0.1, -0.05) is 6.07 Å². The predicted octanol–water partition coefficient (Wildman–Crippen LogP) is 1.69. The summed E-state index contributed by atoms with van der Waals surface area (Å²) < 4.78 is 5.08. The van der Waals surface area contributed by atoms with Gasteiger partial charge in [0.05, 0.1) is 0 Å². The Hall–Kier alpha value is -2.28. The number of carboxylic acids is 1. The van der Waals surface area contributed by atoms with Crippen LogP contribution in [-0.4, -0.2) is 33.9 Å². The summed E-state index contributed by atoms with van der Waals surface area (Å²) in [6.07, 6.45) is -0.648. The molecule has 116 valence electrons. The molecule has 0 saturated carbocycles. The summed E-state index contributed by atoms with van der Waals surface area (Å²) in [6, 6.07) is 3.26. The molecule has 1 atom stereocenters. The highest BCUT2D eigenvalue weighted by Crippen LogP contribution is 2.23. The maximum atomic E-state index is 11.6. The third kappa shape index (κ3) is 5.70. The van der Waals surface area contributed by atoms with E-state index in [0.29, 0.717) is 11.3 Å². The van der Waals surface area contributed by atoms with Gasteiger partial charge in [-0.05, 0) is 32.4 Å². The molecule has 0 bridgehead atoms. The lowest BCUT2D eigenvalue weighted by Crippen LogP contribution is -2.32. The number of aliphatic carboxylic acids is 1. The number of ether oxygens (including phenoxy) is 1. The molecule has 7 heteroatoms. The van der Waals surface area contributed by atoms with E-state index in [1.807, 2.05) is 0 Å². The van der Waals surface area contributed by atoms with Crippen molar-refractivity contribution in [1.29, 1.82) is 0 Å². The molecule has 1 rings (SSSR count). The van der Waals surface area contributed by atoms with E-state index in [1.165, 1.54) is 18.2 Å². The monoisotopic (exact) mass is 296 g/mol. The van der Waals surface area contributed by atoms with E-state index >= 15 is 0 Å². The van der Waals surface area contributed by atoms with Crippen LogP contribution in [0.4, 0.5) is 10.5 Å².